The predicted octanol–water partition coefficient (Wildman–Crippen LogP) is 2.10. The average molecular weight is 367 g/mol. The van der Waals surface area contributed by atoms with Crippen LogP contribution < -0.4 is 5.32 Å². The van der Waals surface area contributed by atoms with E-state index in [1.807, 2.05) is 32.8 Å². The number of likely N-dealkylation sites (N-methyl/N-ethyl adjacent to an activating group) is 1. The van der Waals surface area contributed by atoms with Gasteiger partial charge >= 0.3 is 0 Å². The molecule has 2 unspecified atom stereocenters. The quantitative estimate of drug-likeness (QED) is 0.837. The number of benzene rings is 1. The minimum absolute atomic E-state index is 0.0907. The van der Waals surface area contributed by atoms with Crippen molar-refractivity contribution in [2.24, 2.45) is 5.92 Å². The molecule has 138 valence electrons. The molecule has 1 aromatic carbocycles. The summed E-state index contributed by atoms with van der Waals surface area (Å²) in [7, 11) is 3.87. The van der Waals surface area contributed by atoms with Crippen LogP contribution in [0.1, 0.15) is 24.8 Å². The van der Waals surface area contributed by atoms with Crippen molar-refractivity contribution in [1.29, 1.82) is 0 Å². The van der Waals surface area contributed by atoms with Crippen LogP contribution in [0.5, 0.6) is 0 Å². The van der Waals surface area contributed by atoms with Crippen molar-refractivity contribution in [1.82, 2.24) is 15.1 Å². The number of nitrogens with one attached hydrogen (secondary N) is 1. The molecule has 1 aromatic rings. The molecule has 0 bridgehead atoms. The van der Waals surface area contributed by atoms with Crippen molar-refractivity contribution in [2.75, 3.05) is 32.9 Å². The first-order valence-electron chi connectivity index (χ1n) is 8.43. The third-order valence-electron chi connectivity index (χ3n) is 4.04. The fourth-order valence-electron chi connectivity index (χ4n) is 2.71. The first-order chi connectivity index (χ1) is 11.8. The second-order valence-electron chi connectivity index (χ2n) is 6.75. The van der Waals surface area contributed by atoms with Gasteiger partial charge in [0, 0.05) is 24.8 Å². The number of carbonyl (C=O) groups is 2. The third-order valence-corrected chi connectivity index (χ3v) is 5.37. The van der Waals surface area contributed by atoms with Gasteiger partial charge in [0.1, 0.15) is 17.2 Å². The Hall–Kier alpha value is -1.60. The van der Waals surface area contributed by atoms with Crippen molar-refractivity contribution in [3.8, 4) is 0 Å². The molecule has 0 spiro atoms. The molecule has 1 N–H and O–H groups in total. The van der Waals surface area contributed by atoms with E-state index < -0.39 is 6.04 Å². The molecule has 1 aliphatic rings. The zero-order valence-electron chi connectivity index (χ0n) is 15.2. The van der Waals surface area contributed by atoms with Gasteiger partial charge in [-0.05, 0) is 31.8 Å². The fraction of sp³-hybridized carbons (Fsp3) is 0.556. The Morgan fingerprint density at radius 2 is 2.12 bits per heavy atom. The number of halogens is 1. The smallest absolute Gasteiger partial charge is 0.243 e. The van der Waals surface area contributed by atoms with Gasteiger partial charge in [-0.3, -0.25) is 9.59 Å². The van der Waals surface area contributed by atoms with E-state index in [0.717, 1.165) is 6.54 Å². The number of rotatable bonds is 6. The van der Waals surface area contributed by atoms with Crippen LogP contribution in [0.25, 0.3) is 0 Å². The summed E-state index contributed by atoms with van der Waals surface area (Å²) < 4.78 is 13.6. The molecule has 1 fully saturated rings. The van der Waals surface area contributed by atoms with Crippen LogP contribution in [0.2, 0.25) is 0 Å². The van der Waals surface area contributed by atoms with E-state index in [9.17, 15) is 14.0 Å². The number of hydrogen-bond donors (Lipinski definition) is 1. The van der Waals surface area contributed by atoms with Crippen molar-refractivity contribution >= 4 is 23.6 Å². The molecule has 25 heavy (non-hydrogen) atoms. The molecule has 1 aliphatic heterocycles. The van der Waals surface area contributed by atoms with E-state index in [4.69, 9.17) is 0 Å². The highest BCUT2D eigenvalue weighted by Crippen LogP contribution is 2.42. The molecule has 0 radical (unpaired) electrons. The van der Waals surface area contributed by atoms with E-state index in [-0.39, 0.29) is 28.9 Å². The van der Waals surface area contributed by atoms with Crippen LogP contribution >= 0.6 is 11.8 Å². The highest BCUT2D eigenvalue weighted by atomic mass is 32.2. The Morgan fingerprint density at radius 1 is 1.40 bits per heavy atom. The van der Waals surface area contributed by atoms with Crippen molar-refractivity contribution in [3.05, 3.63) is 35.6 Å². The van der Waals surface area contributed by atoms with Crippen LogP contribution in [0.4, 0.5) is 4.39 Å². The van der Waals surface area contributed by atoms with Gasteiger partial charge in [0.25, 0.3) is 0 Å². The molecular weight excluding hydrogens is 341 g/mol. The second kappa shape index (κ2) is 8.67. The molecule has 5 nitrogen and oxygen atoms in total. The van der Waals surface area contributed by atoms with Gasteiger partial charge < -0.3 is 15.1 Å². The minimum atomic E-state index is -0.532. The summed E-state index contributed by atoms with van der Waals surface area (Å²) in [5.74, 6) is -0.303. The molecule has 7 heteroatoms. The van der Waals surface area contributed by atoms with Crippen LogP contribution in [0.15, 0.2) is 24.3 Å². The Bertz CT molecular complexity index is 624. The average Bonchev–Trinajstić information content (AvgIpc) is 2.98. The lowest BCUT2D eigenvalue weighted by atomic mass is 10.1. The fourth-order valence-corrected chi connectivity index (χ4v) is 4.14. The molecule has 0 aromatic heterocycles. The number of amides is 2. The van der Waals surface area contributed by atoms with Gasteiger partial charge in [-0.25, -0.2) is 4.39 Å². The van der Waals surface area contributed by atoms with E-state index in [1.54, 1.807) is 17.0 Å². The van der Waals surface area contributed by atoms with Gasteiger partial charge in [0.15, 0.2) is 0 Å². The van der Waals surface area contributed by atoms with Crippen LogP contribution in [-0.2, 0) is 9.59 Å². The normalized spacial score (nSPS) is 20.4. The summed E-state index contributed by atoms with van der Waals surface area (Å²) >= 11 is 1.50. The topological polar surface area (TPSA) is 52.7 Å². The van der Waals surface area contributed by atoms with Crippen LogP contribution in [0, 0.1) is 11.7 Å². The van der Waals surface area contributed by atoms with Crippen LogP contribution in [-0.4, -0.2) is 60.6 Å². The highest BCUT2D eigenvalue weighted by Gasteiger charge is 2.42. The maximum absolute atomic E-state index is 13.6. The summed E-state index contributed by atoms with van der Waals surface area (Å²) in [6, 6.07) is 5.71. The lowest BCUT2D eigenvalue weighted by molar-refractivity contribution is -0.142. The maximum atomic E-state index is 13.6. The summed E-state index contributed by atoms with van der Waals surface area (Å²) in [6.07, 6.45) is 0. The molecule has 2 rings (SSSR count). The molecular formula is C18H26FN3O2S. The van der Waals surface area contributed by atoms with E-state index in [2.05, 4.69) is 5.32 Å². The van der Waals surface area contributed by atoms with Gasteiger partial charge in [-0.15, -0.1) is 11.8 Å². The Morgan fingerprint density at radius 3 is 2.72 bits per heavy atom. The van der Waals surface area contributed by atoms with Crippen molar-refractivity contribution < 1.29 is 14.0 Å². The zero-order chi connectivity index (χ0) is 18.6. The first-order valence-corrected chi connectivity index (χ1v) is 9.47. The second-order valence-corrected chi connectivity index (χ2v) is 7.86. The summed E-state index contributed by atoms with van der Waals surface area (Å²) in [5.41, 5.74) is 0.711. The molecule has 0 aliphatic carbocycles. The predicted molar refractivity (Wildman–Crippen MR) is 98.6 cm³/mol. The summed E-state index contributed by atoms with van der Waals surface area (Å²) in [4.78, 5) is 28.9. The van der Waals surface area contributed by atoms with Crippen molar-refractivity contribution in [3.63, 3.8) is 0 Å². The third kappa shape index (κ3) is 4.95. The van der Waals surface area contributed by atoms with Crippen molar-refractivity contribution in [2.45, 2.75) is 25.3 Å². The van der Waals surface area contributed by atoms with Gasteiger partial charge in [-0.1, -0.05) is 26.0 Å². The molecule has 1 heterocycles. The molecule has 2 atom stereocenters. The van der Waals surface area contributed by atoms with E-state index in [0.29, 0.717) is 17.9 Å². The Labute approximate surface area is 152 Å². The SMILES string of the molecule is CC(C)C(=O)N1C(C(=O)NCCN(C)C)CSC1c1cccc(F)c1. The monoisotopic (exact) mass is 367 g/mol. The Kier molecular flexibility index (Phi) is 6.84. The Balaban J connectivity index is 2.19. The van der Waals surface area contributed by atoms with Gasteiger partial charge in [-0.2, -0.15) is 0 Å². The zero-order valence-corrected chi connectivity index (χ0v) is 16.0. The van der Waals surface area contributed by atoms with E-state index in [1.165, 1.54) is 23.9 Å². The maximum Gasteiger partial charge on any atom is 0.243 e. The lowest BCUT2D eigenvalue weighted by Gasteiger charge is -2.30. The van der Waals surface area contributed by atoms with Gasteiger partial charge in [0.05, 0.1) is 0 Å². The van der Waals surface area contributed by atoms with Gasteiger partial charge in [0.2, 0.25) is 11.8 Å². The molecule has 2 amide bonds. The summed E-state index contributed by atoms with van der Waals surface area (Å²) in [6.45, 7) is 4.89. The molecule has 1 saturated heterocycles. The number of thioether (sulfide) groups is 1. The van der Waals surface area contributed by atoms with E-state index >= 15 is 0 Å². The number of nitrogens with zero attached hydrogens (tertiary/aromatic N) is 2. The number of hydrogen-bond acceptors (Lipinski definition) is 4. The largest absolute Gasteiger partial charge is 0.353 e. The summed E-state index contributed by atoms with van der Waals surface area (Å²) in [5, 5.41) is 2.56. The lowest BCUT2D eigenvalue weighted by Crippen LogP contribution is -2.50. The first kappa shape index (κ1) is 19.7. The number of carbonyl (C=O) groups excluding carboxylic acids is 2. The highest BCUT2D eigenvalue weighted by molar-refractivity contribution is 7.99. The molecule has 0 saturated carbocycles. The standard InChI is InChI=1S/C18H26FN3O2S/c1-12(2)17(24)22-15(16(23)20-8-9-21(3)4)11-25-18(22)13-6-5-7-14(19)10-13/h5-7,10,12,15,18H,8-9,11H2,1-4H3,(H,20,23). The van der Waals surface area contributed by atoms with Crippen LogP contribution in [0.3, 0.4) is 0 Å². The minimum Gasteiger partial charge on any atom is -0.353 e.